The van der Waals surface area contributed by atoms with Crippen molar-refractivity contribution in [1.82, 2.24) is 4.90 Å². The van der Waals surface area contributed by atoms with Crippen molar-refractivity contribution in [2.45, 2.75) is 13.3 Å². The molecule has 0 aliphatic rings. The summed E-state index contributed by atoms with van der Waals surface area (Å²) >= 11 is 9.45. The van der Waals surface area contributed by atoms with Gasteiger partial charge in [0.1, 0.15) is 0 Å². The molecule has 0 amide bonds. The Bertz CT molecular complexity index is 87.0. The first kappa shape index (κ1) is 13.3. The van der Waals surface area contributed by atoms with Crippen LogP contribution in [0.15, 0.2) is 0 Å². The minimum atomic E-state index is 0. The Labute approximate surface area is 110 Å². The third-order valence-corrected chi connectivity index (χ3v) is 1.49. The van der Waals surface area contributed by atoms with Gasteiger partial charge >= 0.3 is 51.4 Å². The molecule has 0 saturated heterocycles. The SMILES string of the molecule is CCCN(C)C(=S)[S-].[K+]. The summed E-state index contributed by atoms with van der Waals surface area (Å²) in [6.45, 7) is 3.08. The van der Waals surface area contributed by atoms with Gasteiger partial charge in [0.15, 0.2) is 0 Å². The van der Waals surface area contributed by atoms with Gasteiger partial charge < -0.3 is 29.7 Å². The molecule has 0 saturated carbocycles. The maximum atomic E-state index is 4.72. The summed E-state index contributed by atoms with van der Waals surface area (Å²) in [6, 6.07) is 0. The molecule has 0 bridgehead atoms. The van der Waals surface area contributed by atoms with Crippen LogP contribution >= 0.6 is 12.2 Å². The van der Waals surface area contributed by atoms with Crippen molar-refractivity contribution < 1.29 is 51.4 Å². The fourth-order valence-electron chi connectivity index (χ4n) is 0.427. The molecule has 0 aliphatic carbocycles. The van der Waals surface area contributed by atoms with E-state index in [1.165, 1.54) is 0 Å². The molecule has 0 aromatic heterocycles. The van der Waals surface area contributed by atoms with Gasteiger partial charge in [-0.15, -0.1) is 0 Å². The van der Waals surface area contributed by atoms with E-state index in [0.29, 0.717) is 4.32 Å². The van der Waals surface area contributed by atoms with Gasteiger partial charge in [-0.1, -0.05) is 11.2 Å². The molecule has 0 atom stereocenters. The maximum Gasteiger partial charge on any atom is 1.00 e. The Kier molecular flexibility index (Phi) is 11.6. The molecule has 0 spiro atoms. The van der Waals surface area contributed by atoms with E-state index < -0.39 is 0 Å². The topological polar surface area (TPSA) is 3.24 Å². The number of rotatable bonds is 2. The van der Waals surface area contributed by atoms with Gasteiger partial charge in [-0.2, -0.15) is 0 Å². The molecular formula is C5H10KNS2. The Morgan fingerprint density at radius 1 is 1.67 bits per heavy atom. The summed E-state index contributed by atoms with van der Waals surface area (Å²) in [5.74, 6) is 0. The van der Waals surface area contributed by atoms with E-state index in [-0.39, 0.29) is 51.4 Å². The van der Waals surface area contributed by atoms with Gasteiger partial charge in [0.2, 0.25) is 0 Å². The number of hydrogen-bond donors (Lipinski definition) is 0. The van der Waals surface area contributed by atoms with Crippen LogP contribution in [0.5, 0.6) is 0 Å². The second-order valence-electron chi connectivity index (χ2n) is 1.69. The summed E-state index contributed by atoms with van der Waals surface area (Å²) in [4.78, 5) is 1.89. The van der Waals surface area contributed by atoms with Crippen LogP contribution in [-0.4, -0.2) is 22.8 Å². The summed E-state index contributed by atoms with van der Waals surface area (Å²) < 4.78 is 0.562. The molecule has 0 rings (SSSR count). The predicted octanol–water partition coefficient (Wildman–Crippen LogP) is -1.84. The van der Waals surface area contributed by atoms with Crippen LogP contribution in [0, 0.1) is 0 Å². The molecule has 0 unspecified atom stereocenters. The van der Waals surface area contributed by atoms with Crippen molar-refractivity contribution in [2.75, 3.05) is 13.6 Å². The van der Waals surface area contributed by atoms with Crippen molar-refractivity contribution in [3.05, 3.63) is 0 Å². The average Bonchev–Trinajstić information content (AvgIpc) is 1.67. The number of hydrogen-bond acceptors (Lipinski definition) is 2. The van der Waals surface area contributed by atoms with Crippen molar-refractivity contribution in [3.63, 3.8) is 0 Å². The normalized spacial score (nSPS) is 7.78. The van der Waals surface area contributed by atoms with Crippen LogP contribution in [0.1, 0.15) is 13.3 Å². The van der Waals surface area contributed by atoms with Gasteiger partial charge in [0, 0.05) is 13.6 Å². The van der Waals surface area contributed by atoms with E-state index in [0.717, 1.165) is 13.0 Å². The minimum absolute atomic E-state index is 0. The van der Waals surface area contributed by atoms with Crippen molar-refractivity contribution >= 4 is 29.2 Å². The van der Waals surface area contributed by atoms with Crippen LogP contribution in [0.3, 0.4) is 0 Å². The Morgan fingerprint density at radius 3 is 2.22 bits per heavy atom. The van der Waals surface area contributed by atoms with Crippen molar-refractivity contribution in [1.29, 1.82) is 0 Å². The summed E-state index contributed by atoms with van der Waals surface area (Å²) in [5, 5.41) is 0. The third kappa shape index (κ3) is 7.65. The van der Waals surface area contributed by atoms with Crippen LogP contribution in [0.25, 0.3) is 0 Å². The van der Waals surface area contributed by atoms with E-state index in [9.17, 15) is 0 Å². The number of nitrogens with zero attached hydrogens (tertiary/aromatic N) is 1. The molecule has 0 radical (unpaired) electrons. The standard InChI is InChI=1S/C5H11NS2.K/c1-3-4-6(2)5(7)8;/h3-4H2,1-2H3,(H,7,8);/q;+1/p-1. The zero-order valence-electron chi connectivity index (χ0n) is 6.18. The molecule has 0 aromatic carbocycles. The minimum Gasteiger partial charge on any atom is -0.411 e. The van der Waals surface area contributed by atoms with Crippen LogP contribution in [-0.2, 0) is 12.6 Å². The quantitative estimate of drug-likeness (QED) is 0.284. The van der Waals surface area contributed by atoms with Crippen LogP contribution in [0.4, 0.5) is 0 Å². The zero-order valence-corrected chi connectivity index (χ0v) is 10.9. The first-order valence-corrected chi connectivity index (χ1v) is 3.42. The third-order valence-electron chi connectivity index (χ3n) is 0.871. The molecule has 48 valence electrons. The first-order valence-electron chi connectivity index (χ1n) is 2.60. The van der Waals surface area contributed by atoms with Gasteiger partial charge in [-0.3, -0.25) is 0 Å². The zero-order chi connectivity index (χ0) is 6.57. The molecule has 0 N–H and O–H groups in total. The summed E-state index contributed by atoms with van der Waals surface area (Å²) in [7, 11) is 1.92. The predicted molar refractivity (Wildman–Crippen MR) is 42.9 cm³/mol. The van der Waals surface area contributed by atoms with E-state index in [1.807, 2.05) is 11.9 Å². The van der Waals surface area contributed by atoms with Crippen LogP contribution < -0.4 is 51.4 Å². The summed E-state index contributed by atoms with van der Waals surface area (Å²) in [6.07, 6.45) is 1.10. The van der Waals surface area contributed by atoms with E-state index >= 15 is 0 Å². The molecule has 1 nitrogen and oxygen atoms in total. The second-order valence-corrected chi connectivity index (χ2v) is 2.72. The molecule has 9 heavy (non-hydrogen) atoms. The van der Waals surface area contributed by atoms with Gasteiger partial charge in [-0.05, 0) is 6.42 Å². The fraction of sp³-hybridized carbons (Fsp3) is 0.800. The average molecular weight is 187 g/mol. The van der Waals surface area contributed by atoms with Gasteiger partial charge in [0.05, 0.1) is 0 Å². The molecule has 0 aliphatic heterocycles. The Balaban J connectivity index is 0. The smallest absolute Gasteiger partial charge is 0.411 e. The Morgan fingerprint density at radius 2 is 2.11 bits per heavy atom. The molecule has 4 heteroatoms. The van der Waals surface area contributed by atoms with E-state index in [2.05, 4.69) is 6.92 Å². The van der Waals surface area contributed by atoms with Crippen molar-refractivity contribution in [3.8, 4) is 0 Å². The van der Waals surface area contributed by atoms with Gasteiger partial charge in [0.25, 0.3) is 0 Å². The molecule has 0 fully saturated rings. The number of thiocarbonyl (C=S) groups is 1. The fourth-order valence-corrected chi connectivity index (χ4v) is 0.609. The summed E-state index contributed by atoms with van der Waals surface area (Å²) in [5.41, 5.74) is 0. The van der Waals surface area contributed by atoms with E-state index in [1.54, 1.807) is 0 Å². The molecular weight excluding hydrogens is 177 g/mol. The molecule has 0 aromatic rings. The van der Waals surface area contributed by atoms with Crippen molar-refractivity contribution in [2.24, 2.45) is 0 Å². The largest absolute Gasteiger partial charge is 1.00 e. The monoisotopic (exact) mass is 187 g/mol. The first-order chi connectivity index (χ1) is 3.68. The Hall–Kier alpha value is 1.75. The van der Waals surface area contributed by atoms with E-state index in [4.69, 9.17) is 24.8 Å². The van der Waals surface area contributed by atoms with Gasteiger partial charge in [-0.25, -0.2) is 0 Å². The molecule has 0 heterocycles. The van der Waals surface area contributed by atoms with Crippen LogP contribution in [0.2, 0.25) is 0 Å². The maximum absolute atomic E-state index is 4.72. The second kappa shape index (κ2) is 7.85.